The molecule has 0 spiro atoms. The fourth-order valence-electron chi connectivity index (χ4n) is 3.40. The van der Waals surface area contributed by atoms with Crippen LogP contribution in [0.15, 0.2) is 29.1 Å². The van der Waals surface area contributed by atoms with E-state index in [1.54, 1.807) is 0 Å². The maximum atomic E-state index is 12.3. The molecule has 0 saturated carbocycles. The van der Waals surface area contributed by atoms with Crippen LogP contribution in [0.4, 0.5) is 0 Å². The molecule has 1 fully saturated rings. The number of rotatable bonds is 6. The van der Waals surface area contributed by atoms with Crippen molar-refractivity contribution in [2.75, 3.05) is 19.8 Å². The molecular formula is C18H24N2O3. The second-order valence-electron chi connectivity index (χ2n) is 6.08. The van der Waals surface area contributed by atoms with E-state index >= 15 is 0 Å². The van der Waals surface area contributed by atoms with Crippen molar-refractivity contribution in [3.63, 3.8) is 0 Å². The standard InChI is InChI=1S/C18H24N2O3/c1-2-23-16-5-6-17-13(11-16)10-14(18(22)19-17)12-20-8-3-4-15(20)7-9-21/h5-6,10-11,15,21H,2-4,7-9,12H2,1H3,(H,19,22). The van der Waals surface area contributed by atoms with Crippen LogP contribution in [0.3, 0.4) is 0 Å². The zero-order valence-electron chi connectivity index (χ0n) is 13.5. The molecule has 2 heterocycles. The van der Waals surface area contributed by atoms with Crippen LogP contribution in [-0.2, 0) is 6.54 Å². The zero-order chi connectivity index (χ0) is 16.2. The molecule has 0 radical (unpaired) electrons. The number of benzene rings is 1. The fraction of sp³-hybridized carbons (Fsp3) is 0.500. The Balaban J connectivity index is 1.87. The minimum atomic E-state index is -0.0312. The van der Waals surface area contributed by atoms with Gasteiger partial charge in [-0.2, -0.15) is 0 Å². The van der Waals surface area contributed by atoms with Gasteiger partial charge in [0.1, 0.15) is 5.75 Å². The average Bonchev–Trinajstić information content (AvgIpc) is 2.96. The molecule has 3 rings (SSSR count). The number of aromatic amines is 1. The molecule has 23 heavy (non-hydrogen) atoms. The predicted octanol–water partition coefficient (Wildman–Crippen LogP) is 2.27. The first-order valence-corrected chi connectivity index (χ1v) is 8.35. The molecule has 2 N–H and O–H groups in total. The summed E-state index contributed by atoms with van der Waals surface area (Å²) < 4.78 is 5.54. The SMILES string of the molecule is CCOc1ccc2[nH]c(=O)c(CN3CCCC3CCO)cc2c1. The highest BCUT2D eigenvalue weighted by molar-refractivity contribution is 5.80. The van der Waals surface area contributed by atoms with E-state index in [1.165, 1.54) is 0 Å². The Hall–Kier alpha value is -1.85. The number of hydrogen-bond acceptors (Lipinski definition) is 4. The van der Waals surface area contributed by atoms with E-state index in [0.29, 0.717) is 19.2 Å². The highest BCUT2D eigenvalue weighted by Crippen LogP contribution is 2.23. The van der Waals surface area contributed by atoms with Gasteiger partial charge in [0.2, 0.25) is 0 Å². The zero-order valence-corrected chi connectivity index (χ0v) is 13.5. The Morgan fingerprint density at radius 3 is 3.04 bits per heavy atom. The number of nitrogens with one attached hydrogen (secondary N) is 1. The lowest BCUT2D eigenvalue weighted by molar-refractivity contribution is 0.189. The first-order valence-electron chi connectivity index (χ1n) is 8.35. The van der Waals surface area contributed by atoms with Crippen molar-refractivity contribution in [1.82, 2.24) is 9.88 Å². The van der Waals surface area contributed by atoms with Gasteiger partial charge >= 0.3 is 0 Å². The predicted molar refractivity (Wildman–Crippen MR) is 90.9 cm³/mol. The molecule has 5 nitrogen and oxygen atoms in total. The summed E-state index contributed by atoms with van der Waals surface area (Å²) in [5, 5.41) is 10.2. The minimum absolute atomic E-state index is 0.0312. The van der Waals surface area contributed by atoms with Crippen LogP contribution in [0.2, 0.25) is 0 Å². The minimum Gasteiger partial charge on any atom is -0.494 e. The Morgan fingerprint density at radius 2 is 2.26 bits per heavy atom. The molecule has 1 aliphatic heterocycles. The Kier molecular flexibility index (Phi) is 4.98. The van der Waals surface area contributed by atoms with E-state index in [1.807, 2.05) is 31.2 Å². The van der Waals surface area contributed by atoms with Crippen molar-refractivity contribution in [1.29, 1.82) is 0 Å². The summed E-state index contributed by atoms with van der Waals surface area (Å²) >= 11 is 0. The molecule has 1 unspecified atom stereocenters. The summed E-state index contributed by atoms with van der Waals surface area (Å²) in [6.07, 6.45) is 3.01. The molecular weight excluding hydrogens is 292 g/mol. The van der Waals surface area contributed by atoms with Crippen molar-refractivity contribution < 1.29 is 9.84 Å². The van der Waals surface area contributed by atoms with E-state index in [2.05, 4.69) is 9.88 Å². The van der Waals surface area contributed by atoms with Gasteiger partial charge in [0.15, 0.2) is 0 Å². The molecule has 0 amide bonds. The van der Waals surface area contributed by atoms with Crippen LogP contribution in [0.1, 0.15) is 31.7 Å². The molecule has 2 aromatic rings. The lowest BCUT2D eigenvalue weighted by atomic mass is 10.1. The van der Waals surface area contributed by atoms with Crippen LogP contribution < -0.4 is 10.3 Å². The molecule has 0 aliphatic carbocycles. The summed E-state index contributed by atoms with van der Waals surface area (Å²) in [5.41, 5.74) is 1.57. The van der Waals surface area contributed by atoms with Gasteiger partial charge in [-0.1, -0.05) is 0 Å². The molecule has 1 aromatic heterocycles. The quantitative estimate of drug-likeness (QED) is 0.858. The highest BCUT2D eigenvalue weighted by Gasteiger charge is 2.24. The molecule has 1 saturated heterocycles. The monoisotopic (exact) mass is 316 g/mol. The smallest absolute Gasteiger partial charge is 0.252 e. The van der Waals surface area contributed by atoms with Crippen LogP contribution in [0.5, 0.6) is 5.75 Å². The summed E-state index contributed by atoms with van der Waals surface area (Å²) in [7, 11) is 0. The van der Waals surface area contributed by atoms with Gasteiger partial charge in [-0.25, -0.2) is 0 Å². The normalized spacial score (nSPS) is 18.6. The second kappa shape index (κ2) is 7.15. The van der Waals surface area contributed by atoms with E-state index in [9.17, 15) is 9.90 Å². The molecule has 5 heteroatoms. The Labute approximate surface area is 135 Å². The number of ether oxygens (including phenoxy) is 1. The number of likely N-dealkylation sites (tertiary alicyclic amines) is 1. The Morgan fingerprint density at radius 1 is 1.39 bits per heavy atom. The lowest BCUT2D eigenvalue weighted by Crippen LogP contribution is -2.32. The van der Waals surface area contributed by atoms with Crippen LogP contribution in [0.25, 0.3) is 10.9 Å². The fourth-order valence-corrected chi connectivity index (χ4v) is 3.40. The topological polar surface area (TPSA) is 65.6 Å². The summed E-state index contributed by atoms with van der Waals surface area (Å²) in [6, 6.07) is 8.07. The van der Waals surface area contributed by atoms with Gasteiger partial charge in [-0.3, -0.25) is 9.69 Å². The first-order chi connectivity index (χ1) is 11.2. The first kappa shape index (κ1) is 16.0. The second-order valence-corrected chi connectivity index (χ2v) is 6.08. The van der Waals surface area contributed by atoms with E-state index in [0.717, 1.165) is 48.0 Å². The lowest BCUT2D eigenvalue weighted by Gasteiger charge is -2.23. The average molecular weight is 316 g/mol. The third kappa shape index (κ3) is 3.57. The molecule has 124 valence electrons. The van der Waals surface area contributed by atoms with Gasteiger partial charge in [-0.15, -0.1) is 0 Å². The Bertz CT molecular complexity index is 726. The van der Waals surface area contributed by atoms with Gasteiger partial charge < -0.3 is 14.8 Å². The number of H-pyrrole nitrogens is 1. The highest BCUT2D eigenvalue weighted by atomic mass is 16.5. The molecule has 1 aliphatic rings. The summed E-state index contributed by atoms with van der Waals surface area (Å²) in [4.78, 5) is 17.6. The third-order valence-electron chi connectivity index (χ3n) is 4.54. The van der Waals surface area contributed by atoms with E-state index in [-0.39, 0.29) is 12.2 Å². The van der Waals surface area contributed by atoms with E-state index in [4.69, 9.17) is 4.74 Å². The van der Waals surface area contributed by atoms with Crippen molar-refractivity contribution in [2.45, 2.75) is 38.8 Å². The number of aliphatic hydroxyl groups is 1. The van der Waals surface area contributed by atoms with Crippen molar-refractivity contribution in [3.05, 3.63) is 40.2 Å². The van der Waals surface area contributed by atoms with Gasteiger partial charge in [-0.05, 0) is 57.0 Å². The van der Waals surface area contributed by atoms with Gasteiger partial charge in [0.25, 0.3) is 5.56 Å². The van der Waals surface area contributed by atoms with E-state index < -0.39 is 0 Å². The number of nitrogens with zero attached hydrogens (tertiary/aromatic N) is 1. The number of hydrogen-bond donors (Lipinski definition) is 2. The maximum absolute atomic E-state index is 12.3. The largest absolute Gasteiger partial charge is 0.494 e. The molecule has 1 atom stereocenters. The van der Waals surface area contributed by atoms with Crippen molar-refractivity contribution >= 4 is 10.9 Å². The number of pyridine rings is 1. The van der Waals surface area contributed by atoms with Crippen LogP contribution in [0, 0.1) is 0 Å². The van der Waals surface area contributed by atoms with Crippen LogP contribution >= 0.6 is 0 Å². The van der Waals surface area contributed by atoms with Gasteiger partial charge in [0.05, 0.1) is 6.61 Å². The summed E-state index contributed by atoms with van der Waals surface area (Å²) in [6.45, 7) is 4.40. The number of fused-ring (bicyclic) bond motifs is 1. The van der Waals surface area contributed by atoms with Crippen molar-refractivity contribution in [2.24, 2.45) is 0 Å². The molecule has 1 aromatic carbocycles. The number of aromatic nitrogens is 1. The van der Waals surface area contributed by atoms with Crippen molar-refractivity contribution in [3.8, 4) is 5.75 Å². The van der Waals surface area contributed by atoms with Crippen LogP contribution in [-0.4, -0.2) is 40.8 Å². The third-order valence-corrected chi connectivity index (χ3v) is 4.54. The summed E-state index contributed by atoms with van der Waals surface area (Å²) in [5.74, 6) is 0.817. The molecule has 0 bridgehead atoms. The number of aliphatic hydroxyl groups excluding tert-OH is 1. The maximum Gasteiger partial charge on any atom is 0.252 e. The van der Waals surface area contributed by atoms with Gasteiger partial charge in [0, 0.05) is 35.7 Å².